The maximum atomic E-state index is 13.6. The van der Waals surface area contributed by atoms with Gasteiger partial charge in [0.25, 0.3) is 0 Å². The molecule has 5 rings (SSSR count). The van der Waals surface area contributed by atoms with Crippen LogP contribution in [0.1, 0.15) is 76.3 Å². The summed E-state index contributed by atoms with van der Waals surface area (Å²) >= 11 is 0. The minimum absolute atomic E-state index is 0.0195. The average Bonchev–Trinajstić information content (AvgIpc) is 3.18. The fourth-order valence-corrected chi connectivity index (χ4v) is 7.24. The molecule has 2 aliphatic rings. The lowest BCUT2D eigenvalue weighted by Gasteiger charge is -2.39. The van der Waals surface area contributed by atoms with Crippen LogP contribution in [0.3, 0.4) is 0 Å². The van der Waals surface area contributed by atoms with E-state index in [-0.39, 0.29) is 5.04 Å². The molecule has 0 fully saturated rings. The van der Waals surface area contributed by atoms with Gasteiger partial charge in [0.2, 0.25) is 5.95 Å². The van der Waals surface area contributed by atoms with Crippen molar-refractivity contribution in [1.82, 2.24) is 14.9 Å². The zero-order valence-electron chi connectivity index (χ0n) is 30.7. The SMILES string of the molecule is Cc1cc2c(cc1Nc1nccc(-c3cc(C#N)c4c(c3)[C@@](C)(CO[Si](C)(C)C(C)(C)C)CN4C(=O)OC(C)(C)C)n1)CCN(C)CC2. The number of hydrogen-bond donors (Lipinski definition) is 1. The molecule has 2 aliphatic heterocycles. The van der Waals surface area contributed by atoms with Crippen molar-refractivity contribution in [2.75, 3.05) is 43.5 Å². The second kappa shape index (κ2) is 12.9. The number of nitriles is 1. The highest BCUT2D eigenvalue weighted by Gasteiger charge is 2.47. The van der Waals surface area contributed by atoms with Crippen LogP contribution < -0.4 is 10.2 Å². The Bertz CT molecular complexity index is 1750. The van der Waals surface area contributed by atoms with Crippen molar-refractivity contribution in [3.63, 3.8) is 0 Å². The van der Waals surface area contributed by atoms with Crippen molar-refractivity contribution in [3.05, 3.63) is 64.3 Å². The van der Waals surface area contributed by atoms with Crippen LogP contribution in [-0.4, -0.2) is 68.2 Å². The van der Waals surface area contributed by atoms with Crippen molar-refractivity contribution in [3.8, 4) is 17.3 Å². The Hall–Kier alpha value is -3.78. The number of ether oxygens (including phenoxy) is 1. The molecule has 1 atom stereocenters. The quantitative estimate of drug-likeness (QED) is 0.263. The Morgan fingerprint density at radius 3 is 2.38 bits per heavy atom. The molecule has 3 heterocycles. The summed E-state index contributed by atoms with van der Waals surface area (Å²) in [5, 5.41) is 13.9. The molecular formula is C38H52N6O3Si. The van der Waals surface area contributed by atoms with E-state index in [1.165, 1.54) is 11.1 Å². The Kier molecular flexibility index (Phi) is 9.56. The molecule has 48 heavy (non-hydrogen) atoms. The maximum Gasteiger partial charge on any atom is 0.414 e. The minimum atomic E-state index is -2.12. The zero-order chi connectivity index (χ0) is 35.2. The number of aromatic nitrogens is 2. The number of carbonyl (C=O) groups is 1. The third-order valence-corrected chi connectivity index (χ3v) is 14.6. The van der Waals surface area contributed by atoms with Crippen LogP contribution >= 0.6 is 0 Å². The van der Waals surface area contributed by atoms with Gasteiger partial charge in [-0.15, -0.1) is 0 Å². The zero-order valence-corrected chi connectivity index (χ0v) is 31.7. The number of rotatable bonds is 6. The predicted molar refractivity (Wildman–Crippen MR) is 196 cm³/mol. The molecule has 0 saturated heterocycles. The van der Waals surface area contributed by atoms with E-state index in [1.807, 2.05) is 32.9 Å². The lowest BCUT2D eigenvalue weighted by Crippen LogP contribution is -2.46. The van der Waals surface area contributed by atoms with E-state index >= 15 is 0 Å². The third kappa shape index (κ3) is 7.43. The van der Waals surface area contributed by atoms with Gasteiger partial charge in [0.05, 0.1) is 16.9 Å². The second-order valence-electron chi connectivity index (χ2n) is 16.3. The highest BCUT2D eigenvalue weighted by atomic mass is 28.4. The second-order valence-corrected chi connectivity index (χ2v) is 21.1. The normalized spacial score (nSPS) is 18.5. The van der Waals surface area contributed by atoms with Gasteiger partial charge in [-0.1, -0.05) is 33.8 Å². The molecule has 0 bridgehead atoms. The fourth-order valence-electron chi connectivity index (χ4n) is 6.13. The lowest BCUT2D eigenvalue weighted by atomic mass is 9.83. The highest BCUT2D eigenvalue weighted by molar-refractivity contribution is 6.74. The number of likely N-dealkylation sites (N-methyl/N-ethyl adjacent to an activating group) is 1. The van der Waals surface area contributed by atoms with Gasteiger partial charge in [-0.3, -0.25) is 4.90 Å². The van der Waals surface area contributed by atoms with E-state index in [2.05, 4.69) is 94.2 Å². The van der Waals surface area contributed by atoms with Crippen LogP contribution in [0.25, 0.3) is 11.3 Å². The maximum absolute atomic E-state index is 13.6. The summed E-state index contributed by atoms with van der Waals surface area (Å²) in [5.41, 5.74) is 6.95. The van der Waals surface area contributed by atoms with E-state index in [1.54, 1.807) is 11.1 Å². The van der Waals surface area contributed by atoms with Gasteiger partial charge in [-0.05, 0) is 112 Å². The monoisotopic (exact) mass is 668 g/mol. The first-order valence-electron chi connectivity index (χ1n) is 16.9. The molecule has 10 heteroatoms. The smallest absolute Gasteiger partial charge is 0.414 e. The first-order valence-corrected chi connectivity index (χ1v) is 19.9. The first-order chi connectivity index (χ1) is 22.3. The largest absolute Gasteiger partial charge is 0.443 e. The van der Waals surface area contributed by atoms with Crippen LogP contribution in [-0.2, 0) is 27.4 Å². The number of nitrogens with one attached hydrogen (secondary N) is 1. The first kappa shape index (κ1) is 35.5. The molecule has 1 aromatic heterocycles. The molecule has 256 valence electrons. The number of carbonyl (C=O) groups excluding carboxylic acids is 1. The molecular weight excluding hydrogens is 617 g/mol. The number of nitrogens with zero attached hydrogens (tertiary/aromatic N) is 5. The molecule has 0 aliphatic carbocycles. The number of benzene rings is 2. The average molecular weight is 669 g/mol. The molecule has 0 radical (unpaired) electrons. The van der Waals surface area contributed by atoms with Crippen molar-refractivity contribution in [1.29, 1.82) is 5.26 Å². The minimum Gasteiger partial charge on any atom is -0.443 e. The van der Waals surface area contributed by atoms with Crippen molar-refractivity contribution >= 4 is 31.7 Å². The summed E-state index contributed by atoms with van der Waals surface area (Å²) in [6, 6.07) is 12.6. The Labute approximate surface area is 287 Å². The molecule has 0 unspecified atom stereocenters. The van der Waals surface area contributed by atoms with Crippen LogP contribution in [0, 0.1) is 18.3 Å². The van der Waals surface area contributed by atoms with E-state index in [9.17, 15) is 10.1 Å². The summed E-state index contributed by atoms with van der Waals surface area (Å²) in [4.78, 5) is 27.1. The van der Waals surface area contributed by atoms with Crippen LogP contribution in [0.15, 0.2) is 36.5 Å². The van der Waals surface area contributed by atoms with Crippen molar-refractivity contribution in [2.45, 2.75) is 97.4 Å². The van der Waals surface area contributed by atoms with E-state index in [0.717, 1.165) is 48.3 Å². The van der Waals surface area contributed by atoms with E-state index in [0.29, 0.717) is 36.0 Å². The van der Waals surface area contributed by atoms with Gasteiger partial charge in [-0.25, -0.2) is 14.8 Å². The Morgan fingerprint density at radius 2 is 1.75 bits per heavy atom. The molecule has 0 spiro atoms. The Morgan fingerprint density at radius 1 is 1.08 bits per heavy atom. The van der Waals surface area contributed by atoms with E-state index < -0.39 is 25.4 Å². The van der Waals surface area contributed by atoms with Gasteiger partial charge >= 0.3 is 6.09 Å². The standard InChI is InChI=1S/C38H52N6O3Si/c1-25-18-26-13-16-43(9)17-14-27(26)21-32(25)42-34-40-15-12-31(41-34)28-19-29(22-39)33-30(20-28)38(8,24-46-48(10,11)37(5,6)7)23-44(33)35(45)47-36(2,3)4/h12,15,18-21H,13-14,16-17,23-24H2,1-11H3,(H,40,41,42)/t38-/m1/s1. The predicted octanol–water partition coefficient (Wildman–Crippen LogP) is 8.13. The highest BCUT2D eigenvalue weighted by Crippen LogP contribution is 2.47. The molecule has 3 aromatic rings. The summed E-state index contributed by atoms with van der Waals surface area (Å²) in [6.07, 6.45) is 3.32. The molecule has 1 N–H and O–H groups in total. The van der Waals surface area contributed by atoms with E-state index in [4.69, 9.17) is 14.1 Å². The summed E-state index contributed by atoms with van der Waals surface area (Å²) in [5.74, 6) is 0.486. The van der Waals surface area contributed by atoms with Crippen molar-refractivity contribution < 1.29 is 14.0 Å². The number of aryl methyl sites for hydroxylation is 1. The van der Waals surface area contributed by atoms with Gasteiger partial charge in [0, 0.05) is 49.1 Å². The van der Waals surface area contributed by atoms with Gasteiger partial charge in [-0.2, -0.15) is 5.26 Å². The van der Waals surface area contributed by atoms with Crippen LogP contribution in [0.2, 0.25) is 18.1 Å². The van der Waals surface area contributed by atoms with Gasteiger partial charge in [0.15, 0.2) is 8.32 Å². The molecule has 9 nitrogen and oxygen atoms in total. The summed E-state index contributed by atoms with van der Waals surface area (Å²) in [6.45, 7) is 23.7. The van der Waals surface area contributed by atoms with Gasteiger partial charge < -0.3 is 19.4 Å². The summed E-state index contributed by atoms with van der Waals surface area (Å²) < 4.78 is 12.6. The van der Waals surface area contributed by atoms with Crippen LogP contribution in [0.5, 0.6) is 0 Å². The summed E-state index contributed by atoms with van der Waals surface area (Å²) in [7, 11) is 0.0501. The lowest BCUT2D eigenvalue weighted by molar-refractivity contribution is 0.0575. The van der Waals surface area contributed by atoms with Crippen molar-refractivity contribution in [2.24, 2.45) is 0 Å². The fraction of sp³-hybridized carbons (Fsp3) is 0.526. The third-order valence-electron chi connectivity index (χ3n) is 10.1. The number of anilines is 3. The molecule has 1 amide bonds. The van der Waals surface area contributed by atoms with Crippen LogP contribution in [0.4, 0.5) is 22.1 Å². The molecule has 0 saturated carbocycles. The number of fused-ring (bicyclic) bond motifs is 2. The topological polar surface area (TPSA) is 104 Å². The van der Waals surface area contributed by atoms with Gasteiger partial charge in [0.1, 0.15) is 11.7 Å². The number of amides is 1. The Balaban J connectivity index is 1.53. The molecule has 2 aromatic carbocycles. The number of hydrogen-bond acceptors (Lipinski definition) is 8.